The van der Waals surface area contributed by atoms with E-state index in [1.165, 1.54) is 6.92 Å². The number of carbonyl (C=O) groups excluding carboxylic acids is 1. The van der Waals surface area contributed by atoms with Crippen molar-refractivity contribution in [2.75, 3.05) is 6.54 Å². The highest BCUT2D eigenvalue weighted by atomic mass is 16.1. The van der Waals surface area contributed by atoms with Crippen LogP contribution >= 0.6 is 0 Å². The highest BCUT2D eigenvalue weighted by molar-refractivity contribution is 5.85. The van der Waals surface area contributed by atoms with Crippen LogP contribution < -0.4 is 10.9 Å². The van der Waals surface area contributed by atoms with E-state index < -0.39 is 0 Å². The molecule has 19 heavy (non-hydrogen) atoms. The van der Waals surface area contributed by atoms with Crippen LogP contribution in [0.15, 0.2) is 23.0 Å². The molecule has 0 aliphatic heterocycles. The maximum Gasteiger partial charge on any atom is 0.251 e. The summed E-state index contributed by atoms with van der Waals surface area (Å²) in [5, 5.41) is 3.77. The summed E-state index contributed by atoms with van der Waals surface area (Å²) in [5.41, 5.74) is 3.72. The first kappa shape index (κ1) is 13.3. The number of amides is 1. The first-order chi connectivity index (χ1) is 8.99. The molecular formula is C15H18N2O2. The number of pyridine rings is 1. The topological polar surface area (TPSA) is 62.0 Å². The third kappa shape index (κ3) is 2.84. The van der Waals surface area contributed by atoms with Crippen molar-refractivity contribution in [2.45, 2.75) is 27.2 Å². The van der Waals surface area contributed by atoms with E-state index in [1.54, 1.807) is 0 Å². The minimum absolute atomic E-state index is 0.0773. The van der Waals surface area contributed by atoms with Crippen molar-refractivity contribution >= 4 is 16.8 Å². The van der Waals surface area contributed by atoms with Gasteiger partial charge in [0.15, 0.2) is 0 Å². The van der Waals surface area contributed by atoms with E-state index in [9.17, 15) is 9.59 Å². The summed E-state index contributed by atoms with van der Waals surface area (Å²) in [7, 11) is 0. The van der Waals surface area contributed by atoms with Gasteiger partial charge in [0.25, 0.3) is 5.56 Å². The lowest BCUT2D eigenvalue weighted by Gasteiger charge is -2.08. The molecule has 0 saturated carbocycles. The van der Waals surface area contributed by atoms with E-state index in [0.29, 0.717) is 18.5 Å². The molecular weight excluding hydrogens is 240 g/mol. The minimum atomic E-state index is -0.0794. The minimum Gasteiger partial charge on any atom is -0.356 e. The van der Waals surface area contributed by atoms with E-state index in [1.807, 2.05) is 32.0 Å². The van der Waals surface area contributed by atoms with Crippen molar-refractivity contribution in [1.82, 2.24) is 10.3 Å². The Hall–Kier alpha value is -2.10. The van der Waals surface area contributed by atoms with Crippen molar-refractivity contribution < 1.29 is 4.79 Å². The third-order valence-corrected chi connectivity index (χ3v) is 3.29. The molecule has 1 amide bonds. The van der Waals surface area contributed by atoms with Gasteiger partial charge in [0.05, 0.1) is 5.52 Å². The summed E-state index contributed by atoms with van der Waals surface area (Å²) in [4.78, 5) is 25.8. The summed E-state index contributed by atoms with van der Waals surface area (Å²) in [6, 6.07) is 5.98. The van der Waals surface area contributed by atoms with Gasteiger partial charge in [-0.15, -0.1) is 0 Å². The zero-order valence-corrected chi connectivity index (χ0v) is 11.5. The van der Waals surface area contributed by atoms with Gasteiger partial charge in [0.1, 0.15) is 0 Å². The lowest BCUT2D eigenvalue weighted by Crippen LogP contribution is -2.25. The molecule has 0 fully saturated rings. The van der Waals surface area contributed by atoms with E-state index in [0.717, 1.165) is 22.0 Å². The number of rotatable bonds is 3. The Morgan fingerprint density at radius 3 is 2.63 bits per heavy atom. The molecule has 0 aliphatic carbocycles. The first-order valence-corrected chi connectivity index (χ1v) is 6.35. The molecule has 0 saturated heterocycles. The number of aromatic nitrogens is 1. The quantitative estimate of drug-likeness (QED) is 0.882. The Morgan fingerprint density at radius 1 is 1.26 bits per heavy atom. The standard InChI is InChI=1S/C15H18N2O2/c1-9-4-5-10(2)14-13(9)8-12(15(19)17-14)6-7-16-11(3)18/h4-5,8H,6-7H2,1-3H3,(H,16,18)(H,17,19). The highest BCUT2D eigenvalue weighted by Crippen LogP contribution is 2.19. The number of aryl methyl sites for hydroxylation is 2. The average molecular weight is 258 g/mol. The number of hydrogen-bond acceptors (Lipinski definition) is 2. The van der Waals surface area contributed by atoms with Crippen LogP contribution in [0.5, 0.6) is 0 Å². The van der Waals surface area contributed by atoms with E-state index >= 15 is 0 Å². The van der Waals surface area contributed by atoms with Crippen LogP contribution in [0.4, 0.5) is 0 Å². The number of hydrogen-bond donors (Lipinski definition) is 2. The maximum absolute atomic E-state index is 12.0. The fourth-order valence-electron chi connectivity index (χ4n) is 2.18. The monoisotopic (exact) mass is 258 g/mol. The maximum atomic E-state index is 12.0. The van der Waals surface area contributed by atoms with E-state index in [-0.39, 0.29) is 11.5 Å². The van der Waals surface area contributed by atoms with Crippen LogP contribution in [-0.2, 0) is 11.2 Å². The number of carbonyl (C=O) groups is 1. The molecule has 0 aliphatic rings. The van der Waals surface area contributed by atoms with Crippen molar-refractivity contribution in [3.8, 4) is 0 Å². The number of nitrogens with one attached hydrogen (secondary N) is 2. The molecule has 1 aromatic carbocycles. The Balaban J connectivity index is 2.41. The lowest BCUT2D eigenvalue weighted by molar-refractivity contribution is -0.118. The lowest BCUT2D eigenvalue weighted by atomic mass is 10.0. The summed E-state index contributed by atoms with van der Waals surface area (Å²) in [6.45, 7) is 5.96. The number of H-pyrrole nitrogens is 1. The Morgan fingerprint density at radius 2 is 1.95 bits per heavy atom. The van der Waals surface area contributed by atoms with Crippen molar-refractivity contribution in [2.24, 2.45) is 0 Å². The van der Waals surface area contributed by atoms with Crippen LogP contribution in [0, 0.1) is 13.8 Å². The van der Waals surface area contributed by atoms with Gasteiger partial charge in [-0.25, -0.2) is 0 Å². The van der Waals surface area contributed by atoms with Crippen LogP contribution in [0.2, 0.25) is 0 Å². The van der Waals surface area contributed by atoms with E-state index in [2.05, 4.69) is 10.3 Å². The largest absolute Gasteiger partial charge is 0.356 e. The summed E-state index contributed by atoms with van der Waals surface area (Å²) in [5.74, 6) is -0.0794. The molecule has 0 atom stereocenters. The second-order valence-electron chi connectivity index (χ2n) is 4.84. The molecule has 4 heteroatoms. The number of fused-ring (bicyclic) bond motifs is 1. The molecule has 0 radical (unpaired) electrons. The normalized spacial score (nSPS) is 10.7. The van der Waals surface area contributed by atoms with Gasteiger partial charge >= 0.3 is 0 Å². The predicted molar refractivity (Wildman–Crippen MR) is 76.4 cm³/mol. The second-order valence-corrected chi connectivity index (χ2v) is 4.84. The fourth-order valence-corrected chi connectivity index (χ4v) is 2.18. The highest BCUT2D eigenvalue weighted by Gasteiger charge is 2.06. The first-order valence-electron chi connectivity index (χ1n) is 6.35. The van der Waals surface area contributed by atoms with Crippen LogP contribution in [0.1, 0.15) is 23.6 Å². The van der Waals surface area contributed by atoms with Crippen molar-refractivity contribution in [1.29, 1.82) is 0 Å². The zero-order chi connectivity index (χ0) is 14.0. The van der Waals surface area contributed by atoms with Crippen LogP contribution in [0.3, 0.4) is 0 Å². The molecule has 0 spiro atoms. The summed E-state index contributed by atoms with van der Waals surface area (Å²) in [6.07, 6.45) is 0.540. The Labute approximate surface area is 111 Å². The molecule has 0 bridgehead atoms. The van der Waals surface area contributed by atoms with Gasteiger partial charge in [0.2, 0.25) is 5.91 Å². The fraction of sp³-hybridized carbons (Fsp3) is 0.333. The van der Waals surface area contributed by atoms with Gasteiger partial charge < -0.3 is 10.3 Å². The molecule has 4 nitrogen and oxygen atoms in total. The van der Waals surface area contributed by atoms with E-state index in [4.69, 9.17) is 0 Å². The average Bonchev–Trinajstić information content (AvgIpc) is 2.35. The number of benzene rings is 1. The molecule has 1 heterocycles. The smallest absolute Gasteiger partial charge is 0.251 e. The van der Waals surface area contributed by atoms with Crippen LogP contribution in [0.25, 0.3) is 10.9 Å². The molecule has 2 rings (SSSR count). The molecule has 2 aromatic rings. The summed E-state index contributed by atoms with van der Waals surface area (Å²) < 4.78 is 0. The molecule has 0 unspecified atom stereocenters. The van der Waals surface area contributed by atoms with Crippen molar-refractivity contribution in [3.05, 3.63) is 45.2 Å². The van der Waals surface area contributed by atoms with Gasteiger partial charge in [-0.05, 0) is 37.5 Å². The summed E-state index contributed by atoms with van der Waals surface area (Å²) >= 11 is 0. The third-order valence-electron chi connectivity index (χ3n) is 3.29. The molecule has 100 valence electrons. The Bertz CT molecular complexity index is 686. The molecule has 1 aromatic heterocycles. The zero-order valence-electron chi connectivity index (χ0n) is 11.5. The number of aromatic amines is 1. The van der Waals surface area contributed by atoms with Crippen molar-refractivity contribution in [3.63, 3.8) is 0 Å². The molecule has 2 N–H and O–H groups in total. The Kier molecular flexibility index (Phi) is 3.69. The predicted octanol–water partition coefficient (Wildman–Crippen LogP) is 1.82. The van der Waals surface area contributed by atoms with Crippen LogP contribution in [-0.4, -0.2) is 17.4 Å². The van der Waals surface area contributed by atoms with Gasteiger partial charge in [0, 0.05) is 24.4 Å². The second kappa shape index (κ2) is 5.26. The SMILES string of the molecule is CC(=O)NCCc1cc2c(C)ccc(C)c2[nH]c1=O. The van der Waals surface area contributed by atoms with Gasteiger partial charge in [-0.2, -0.15) is 0 Å². The van der Waals surface area contributed by atoms with Gasteiger partial charge in [-0.3, -0.25) is 9.59 Å². The van der Waals surface area contributed by atoms with Gasteiger partial charge in [-0.1, -0.05) is 12.1 Å².